The number of hydrogen-bond donors (Lipinski definition) is 2. The van der Waals surface area contributed by atoms with Gasteiger partial charge in [-0.25, -0.2) is 4.79 Å². The number of aliphatic hydroxyl groups is 2. The first-order valence-electron chi connectivity index (χ1n) is 23.7. The van der Waals surface area contributed by atoms with Gasteiger partial charge in [0.2, 0.25) is 5.79 Å². The third kappa shape index (κ3) is 12.8. The minimum absolute atomic E-state index is 0.0381. The van der Waals surface area contributed by atoms with Crippen molar-refractivity contribution in [3.63, 3.8) is 0 Å². The van der Waals surface area contributed by atoms with Crippen molar-refractivity contribution in [1.82, 2.24) is 4.90 Å². The summed E-state index contributed by atoms with van der Waals surface area (Å²) in [6, 6.07) is -1.12. The zero-order valence-corrected chi connectivity index (χ0v) is 42.1. The summed E-state index contributed by atoms with van der Waals surface area (Å²) >= 11 is 0. The molecular weight excluding hydrogens is 823 g/mol. The van der Waals surface area contributed by atoms with Crippen LogP contribution < -0.4 is 0 Å². The van der Waals surface area contributed by atoms with Gasteiger partial charge in [-0.05, 0) is 114 Å². The van der Waals surface area contributed by atoms with E-state index in [4.69, 9.17) is 28.1 Å². The fraction of sp³-hybridized carbons (Fsp3) is 0.837. The lowest BCUT2D eigenvalue weighted by atomic mass is 9.81. The Morgan fingerprint density at radius 3 is 2.16 bits per heavy atom. The van der Waals surface area contributed by atoms with Crippen molar-refractivity contribution in [2.24, 2.45) is 29.6 Å². The Balaban J connectivity index is 1.74. The quantitative estimate of drug-likeness (QED) is 0.107. The fourth-order valence-electron chi connectivity index (χ4n) is 10.1. The highest BCUT2D eigenvalue weighted by atomic mass is 28.4. The van der Waals surface area contributed by atoms with Crippen LogP contribution in [-0.4, -0.2) is 129 Å². The smallest absolute Gasteiger partial charge is 0.329 e. The molecule has 360 valence electrons. The van der Waals surface area contributed by atoms with Gasteiger partial charge < -0.3 is 43.2 Å². The molecule has 0 spiro atoms. The lowest BCUT2D eigenvalue weighted by molar-refractivity contribution is -0.302. The first kappa shape index (κ1) is 53.3. The number of cyclic esters (lactones) is 1. The van der Waals surface area contributed by atoms with Gasteiger partial charge in [-0.3, -0.25) is 14.4 Å². The molecule has 4 aliphatic rings. The number of Topliss-reactive ketones (excluding diaryl/α,β-unsaturated/α-hetero) is 2. The van der Waals surface area contributed by atoms with Crippen LogP contribution >= 0.6 is 0 Å². The third-order valence-corrected chi connectivity index (χ3v) is 19.6. The number of nitrogens with zero attached hydrogens (tertiary/aromatic N) is 1. The summed E-state index contributed by atoms with van der Waals surface area (Å²) in [5.41, 5.74) is 1.72. The monoisotopic (exact) mass is 906 g/mol. The van der Waals surface area contributed by atoms with E-state index in [0.29, 0.717) is 38.5 Å². The molecule has 14 unspecified atom stereocenters. The van der Waals surface area contributed by atoms with Crippen molar-refractivity contribution in [1.29, 1.82) is 0 Å². The molecule has 3 aliphatic heterocycles. The van der Waals surface area contributed by atoms with Gasteiger partial charge in [-0.15, -0.1) is 0 Å². The van der Waals surface area contributed by atoms with Crippen molar-refractivity contribution < 1.29 is 57.5 Å². The number of amides is 1. The fourth-order valence-corrected chi connectivity index (χ4v) is 11.4. The second-order valence-electron chi connectivity index (χ2n) is 21.0. The van der Waals surface area contributed by atoms with Gasteiger partial charge in [0.1, 0.15) is 24.0 Å². The van der Waals surface area contributed by atoms with Gasteiger partial charge >= 0.3 is 5.97 Å². The molecule has 3 fully saturated rings. The van der Waals surface area contributed by atoms with E-state index < -0.39 is 86.1 Å². The number of aliphatic hydroxyl groups excluding tert-OH is 1. The second-order valence-corrected chi connectivity index (χ2v) is 25.8. The number of carbonyl (C=O) groups is 4. The molecule has 1 aliphatic carbocycles. The van der Waals surface area contributed by atoms with Crippen molar-refractivity contribution in [3.05, 3.63) is 23.3 Å². The number of piperidine rings is 1. The van der Waals surface area contributed by atoms with Crippen LogP contribution in [0, 0.1) is 29.6 Å². The maximum absolute atomic E-state index is 14.5. The van der Waals surface area contributed by atoms with Crippen LogP contribution in [0.1, 0.15) is 133 Å². The van der Waals surface area contributed by atoms with Gasteiger partial charge in [0.05, 0.1) is 30.5 Å². The lowest BCUT2D eigenvalue weighted by Crippen LogP contribution is -2.64. The van der Waals surface area contributed by atoms with E-state index in [1.165, 1.54) is 4.90 Å². The number of esters is 1. The van der Waals surface area contributed by atoms with Crippen molar-refractivity contribution in [2.45, 2.75) is 206 Å². The molecule has 2 N–H and O–H groups in total. The molecule has 4 rings (SSSR count). The molecule has 13 nitrogen and oxygen atoms in total. The molecule has 0 aromatic heterocycles. The molecule has 0 radical (unpaired) electrons. The summed E-state index contributed by atoms with van der Waals surface area (Å²) in [4.78, 5) is 58.4. The topological polar surface area (TPSA) is 167 Å². The van der Waals surface area contributed by atoms with E-state index in [9.17, 15) is 29.4 Å². The van der Waals surface area contributed by atoms with Crippen molar-refractivity contribution in [3.8, 4) is 0 Å². The molecule has 2 saturated heterocycles. The van der Waals surface area contributed by atoms with E-state index in [0.717, 1.165) is 24.0 Å². The maximum atomic E-state index is 14.5. The molecule has 14 heteroatoms. The summed E-state index contributed by atoms with van der Waals surface area (Å²) < 4.78 is 37.3. The van der Waals surface area contributed by atoms with E-state index >= 15 is 0 Å². The number of methoxy groups -OCH3 is 3. The van der Waals surface area contributed by atoms with E-state index in [2.05, 4.69) is 46.9 Å². The largest absolute Gasteiger partial charge is 0.456 e. The summed E-state index contributed by atoms with van der Waals surface area (Å²) in [7, 11) is 2.73. The predicted octanol–water partition coefficient (Wildman–Crippen LogP) is 7.50. The number of carbonyl (C=O) groups excluding carboxylic acids is 4. The number of rotatable bonds is 8. The normalized spacial score (nSPS) is 38.9. The lowest BCUT2D eigenvalue weighted by Gasteiger charge is -2.47. The molecular formula is C49H83NO12Si. The number of allylic oxidation sites excluding steroid dienone is 3. The minimum atomic E-state index is -2.50. The zero-order chi connectivity index (χ0) is 47.2. The highest BCUT2D eigenvalue weighted by Gasteiger charge is 2.57. The first-order chi connectivity index (χ1) is 29.4. The molecule has 1 amide bonds. The van der Waals surface area contributed by atoms with Crippen LogP contribution in [0.5, 0.6) is 0 Å². The maximum Gasteiger partial charge on any atom is 0.329 e. The number of fused-ring (bicyclic) bond motifs is 3. The molecule has 0 aromatic carbocycles. The van der Waals surface area contributed by atoms with Crippen molar-refractivity contribution in [2.75, 3.05) is 27.9 Å². The number of ether oxygens (including phenoxy) is 5. The Hall–Kier alpha value is -2.30. The SMILES string of the molecule is CCC1/C=C(\C)CC(C)CC(OC)C2OC(O)(C(=O)C(=O)N3CCCCC3C(=O)OC(C(C)=CC3CCC(O[Si](C)(C)C(C)(C)C)C(OC)C3)C(C)C(O)CC1=O)C(C)CC2OC. The second kappa shape index (κ2) is 22.5. The van der Waals surface area contributed by atoms with Crippen LogP contribution in [-0.2, 0) is 47.3 Å². The Morgan fingerprint density at radius 1 is 0.921 bits per heavy atom. The molecule has 2 bridgehead atoms. The molecule has 14 atom stereocenters. The van der Waals surface area contributed by atoms with Crippen LogP contribution in [0.25, 0.3) is 0 Å². The average Bonchev–Trinajstić information content (AvgIpc) is 3.23. The van der Waals surface area contributed by atoms with Crippen LogP contribution in [0.4, 0.5) is 0 Å². The Labute approximate surface area is 379 Å². The summed E-state index contributed by atoms with van der Waals surface area (Å²) in [5.74, 6) is -7.34. The number of ketones is 2. The molecule has 63 heavy (non-hydrogen) atoms. The summed E-state index contributed by atoms with van der Waals surface area (Å²) in [5, 5.41) is 24.0. The summed E-state index contributed by atoms with van der Waals surface area (Å²) in [6.45, 7) is 22.6. The van der Waals surface area contributed by atoms with Gasteiger partial charge in [0.15, 0.2) is 8.32 Å². The van der Waals surface area contributed by atoms with Crippen LogP contribution in [0.3, 0.4) is 0 Å². The Morgan fingerprint density at radius 2 is 1.56 bits per heavy atom. The predicted molar refractivity (Wildman–Crippen MR) is 244 cm³/mol. The van der Waals surface area contributed by atoms with E-state index in [-0.39, 0.29) is 60.7 Å². The Kier molecular flexibility index (Phi) is 19.0. The third-order valence-electron chi connectivity index (χ3n) is 15.1. The molecule has 0 aromatic rings. The standard InChI is InChI=1S/C49H83NO12Si/c1-15-35-23-29(2)22-30(3)24-41(58-11)44-42(59-12)26-32(5)49(56,61-44)45(53)46(54)50-21-17-16-18-36(50)47(55)60-43(33(6)37(51)28-38(35)52)31(4)25-34-19-20-39(40(27-34)57-10)62-63(13,14)48(7,8)9/h23,25,30,32-37,39-44,51,56H,15-22,24,26-28H2,1-14H3/b29-23+,31-25?. The highest BCUT2D eigenvalue weighted by Crippen LogP contribution is 2.42. The van der Waals surface area contributed by atoms with Crippen molar-refractivity contribution >= 4 is 31.8 Å². The van der Waals surface area contributed by atoms with Gasteiger partial charge in [0.25, 0.3) is 11.7 Å². The van der Waals surface area contributed by atoms with Gasteiger partial charge in [0, 0.05) is 52.0 Å². The first-order valence-corrected chi connectivity index (χ1v) is 26.6. The van der Waals surface area contributed by atoms with E-state index in [1.54, 1.807) is 35.2 Å². The van der Waals surface area contributed by atoms with Gasteiger partial charge in [-0.2, -0.15) is 0 Å². The highest BCUT2D eigenvalue weighted by molar-refractivity contribution is 6.74. The zero-order valence-electron chi connectivity index (χ0n) is 41.1. The Bertz CT molecular complexity index is 1640. The minimum Gasteiger partial charge on any atom is -0.456 e. The van der Waals surface area contributed by atoms with Crippen LogP contribution in [0.2, 0.25) is 18.1 Å². The molecule has 3 heterocycles. The summed E-state index contributed by atoms with van der Waals surface area (Å²) in [6.07, 6.45) is 5.23. The molecule has 1 saturated carbocycles. The average molecular weight is 906 g/mol. The van der Waals surface area contributed by atoms with Crippen LogP contribution in [0.15, 0.2) is 23.3 Å². The van der Waals surface area contributed by atoms with E-state index in [1.807, 2.05) is 26.8 Å². The van der Waals surface area contributed by atoms with Gasteiger partial charge in [-0.1, -0.05) is 66.2 Å². The number of hydrogen-bond acceptors (Lipinski definition) is 12.